The maximum Gasteiger partial charge on any atom is 0.172 e. The highest BCUT2D eigenvalue weighted by molar-refractivity contribution is 9.10. The molecule has 4 nitrogen and oxygen atoms in total. The van der Waals surface area contributed by atoms with Crippen LogP contribution in [0.3, 0.4) is 0 Å². The van der Waals surface area contributed by atoms with Crippen LogP contribution in [0.4, 0.5) is 5.82 Å². The van der Waals surface area contributed by atoms with Crippen molar-refractivity contribution in [1.29, 1.82) is 0 Å². The summed E-state index contributed by atoms with van der Waals surface area (Å²) in [7, 11) is 1.73. The molecule has 0 aliphatic carbocycles. The third-order valence-corrected chi connectivity index (χ3v) is 1.39. The molecule has 0 unspecified atom stereocenters. The minimum Gasteiger partial charge on any atom is -0.382 e. The molecule has 0 amide bonds. The quantitative estimate of drug-likeness (QED) is 0.686. The van der Waals surface area contributed by atoms with Gasteiger partial charge >= 0.3 is 0 Å². The molecule has 0 aliphatic rings. The molecule has 0 saturated heterocycles. The van der Waals surface area contributed by atoms with Gasteiger partial charge in [-0.2, -0.15) is 0 Å². The van der Waals surface area contributed by atoms with Crippen LogP contribution < -0.4 is 5.73 Å². The van der Waals surface area contributed by atoms with E-state index in [4.69, 9.17) is 5.73 Å². The lowest BCUT2D eigenvalue weighted by molar-refractivity contribution is 0.722. The molecule has 52 valence electrons. The molecule has 0 radical (unpaired) electrons. The van der Waals surface area contributed by atoms with Crippen LogP contribution >= 0.6 is 28.3 Å². The van der Waals surface area contributed by atoms with Crippen molar-refractivity contribution in [2.24, 2.45) is 7.05 Å². The van der Waals surface area contributed by atoms with E-state index in [1.54, 1.807) is 7.05 Å². The molecule has 0 aliphatic heterocycles. The van der Waals surface area contributed by atoms with Gasteiger partial charge in [0.1, 0.15) is 0 Å². The summed E-state index contributed by atoms with van der Waals surface area (Å²) in [6, 6.07) is 0. The van der Waals surface area contributed by atoms with Gasteiger partial charge in [0, 0.05) is 7.05 Å². The van der Waals surface area contributed by atoms with E-state index in [9.17, 15) is 0 Å². The Kier molecular flexibility index (Phi) is 2.93. The Labute approximate surface area is 67.0 Å². The Hall–Kier alpha value is -0.290. The lowest BCUT2D eigenvalue weighted by Gasteiger charge is -1.87. The van der Waals surface area contributed by atoms with Crippen LogP contribution in [-0.2, 0) is 7.05 Å². The van der Waals surface area contributed by atoms with E-state index >= 15 is 0 Å². The fourth-order valence-electron chi connectivity index (χ4n) is 0.339. The summed E-state index contributed by atoms with van der Waals surface area (Å²) >= 11 is 3.10. The van der Waals surface area contributed by atoms with Crippen LogP contribution in [0.5, 0.6) is 0 Å². The summed E-state index contributed by atoms with van der Waals surface area (Å²) in [4.78, 5) is 0. The number of nitrogens with two attached hydrogens (primary N) is 1. The van der Waals surface area contributed by atoms with Crippen LogP contribution in [0.15, 0.2) is 4.60 Å². The number of rotatable bonds is 0. The van der Waals surface area contributed by atoms with Crippen molar-refractivity contribution in [2.75, 3.05) is 5.73 Å². The largest absolute Gasteiger partial charge is 0.382 e. The van der Waals surface area contributed by atoms with Gasteiger partial charge in [-0.1, -0.05) is 5.21 Å². The number of nitrogens with zero attached hydrogens (tertiary/aromatic N) is 3. The Bertz CT molecular complexity index is 178. The van der Waals surface area contributed by atoms with Crippen LogP contribution in [0, 0.1) is 0 Å². The Morgan fingerprint density at radius 3 is 2.33 bits per heavy atom. The van der Waals surface area contributed by atoms with Gasteiger partial charge in [0.15, 0.2) is 10.4 Å². The van der Waals surface area contributed by atoms with Crippen molar-refractivity contribution in [3.05, 3.63) is 4.60 Å². The molecule has 0 fully saturated rings. The summed E-state index contributed by atoms with van der Waals surface area (Å²) in [6.45, 7) is 0. The molecular weight excluding hydrogens is 207 g/mol. The number of aryl methyl sites for hydroxylation is 1. The van der Waals surface area contributed by atoms with Gasteiger partial charge in [-0.25, -0.2) is 4.68 Å². The van der Waals surface area contributed by atoms with Gasteiger partial charge in [0.05, 0.1) is 0 Å². The molecule has 2 N–H and O–H groups in total. The molecule has 0 saturated carbocycles. The number of halogens is 2. The second kappa shape index (κ2) is 3.03. The van der Waals surface area contributed by atoms with E-state index < -0.39 is 0 Å². The summed E-state index contributed by atoms with van der Waals surface area (Å²) in [5.74, 6) is 0.546. The smallest absolute Gasteiger partial charge is 0.172 e. The first-order chi connectivity index (χ1) is 3.72. The Morgan fingerprint density at radius 1 is 1.67 bits per heavy atom. The summed E-state index contributed by atoms with van der Waals surface area (Å²) in [6.07, 6.45) is 0. The standard InChI is InChI=1S/C3H5BrN4.ClH/c1-8-3(5)2(4)6-7-8;/h5H2,1H3;1H. The average Bonchev–Trinajstić information content (AvgIpc) is 1.98. The second-order valence-electron chi connectivity index (χ2n) is 1.39. The van der Waals surface area contributed by atoms with Crippen molar-refractivity contribution >= 4 is 34.2 Å². The zero-order valence-corrected chi connectivity index (χ0v) is 7.11. The number of aromatic nitrogens is 3. The average molecular weight is 213 g/mol. The van der Waals surface area contributed by atoms with Gasteiger partial charge in [0.2, 0.25) is 0 Å². The number of hydrogen-bond acceptors (Lipinski definition) is 3. The van der Waals surface area contributed by atoms with E-state index in [1.807, 2.05) is 0 Å². The SMILES string of the molecule is Cl.Cn1nnc(Br)c1N. The number of anilines is 1. The van der Waals surface area contributed by atoms with Crippen molar-refractivity contribution in [3.63, 3.8) is 0 Å². The highest BCUT2D eigenvalue weighted by Crippen LogP contribution is 2.11. The predicted octanol–water partition coefficient (Wildman–Crippen LogP) is 0.582. The molecule has 0 bridgehead atoms. The minimum atomic E-state index is 0. The lowest BCUT2D eigenvalue weighted by Crippen LogP contribution is -1.96. The summed E-state index contributed by atoms with van der Waals surface area (Å²) in [5.41, 5.74) is 5.39. The Balaban J connectivity index is 0.000000640. The first kappa shape index (κ1) is 8.71. The lowest BCUT2D eigenvalue weighted by atomic mass is 10.8. The number of hydrogen-bond donors (Lipinski definition) is 1. The van der Waals surface area contributed by atoms with Gasteiger partial charge in [-0.15, -0.1) is 17.5 Å². The summed E-state index contributed by atoms with van der Waals surface area (Å²) < 4.78 is 2.09. The third-order valence-electron chi connectivity index (χ3n) is 0.827. The molecular formula is C3H6BrClN4. The molecule has 1 aromatic heterocycles. The fourth-order valence-corrected chi connectivity index (χ4v) is 0.667. The van der Waals surface area contributed by atoms with Crippen LogP contribution in [-0.4, -0.2) is 15.0 Å². The maximum atomic E-state index is 5.39. The molecule has 1 rings (SSSR count). The van der Waals surface area contributed by atoms with Gasteiger partial charge in [-0.05, 0) is 15.9 Å². The van der Waals surface area contributed by atoms with Crippen LogP contribution in [0.1, 0.15) is 0 Å². The van der Waals surface area contributed by atoms with Crippen LogP contribution in [0.2, 0.25) is 0 Å². The molecule has 1 aromatic rings. The first-order valence-corrected chi connectivity index (χ1v) is 2.82. The fraction of sp³-hybridized carbons (Fsp3) is 0.333. The van der Waals surface area contributed by atoms with E-state index in [2.05, 4.69) is 26.2 Å². The van der Waals surface area contributed by atoms with E-state index in [1.165, 1.54) is 4.68 Å². The van der Waals surface area contributed by atoms with E-state index in [-0.39, 0.29) is 12.4 Å². The van der Waals surface area contributed by atoms with Crippen molar-refractivity contribution in [2.45, 2.75) is 0 Å². The normalized spacial score (nSPS) is 8.67. The first-order valence-electron chi connectivity index (χ1n) is 2.02. The van der Waals surface area contributed by atoms with Crippen LogP contribution in [0.25, 0.3) is 0 Å². The molecule has 0 spiro atoms. The van der Waals surface area contributed by atoms with E-state index in [0.717, 1.165) is 0 Å². The molecule has 9 heavy (non-hydrogen) atoms. The molecule has 0 atom stereocenters. The zero-order valence-electron chi connectivity index (χ0n) is 4.71. The van der Waals surface area contributed by atoms with E-state index in [0.29, 0.717) is 10.4 Å². The summed E-state index contributed by atoms with van der Waals surface area (Å²) in [5, 5.41) is 7.23. The molecule has 6 heteroatoms. The highest BCUT2D eigenvalue weighted by atomic mass is 79.9. The van der Waals surface area contributed by atoms with Gasteiger partial charge in [-0.3, -0.25) is 0 Å². The second-order valence-corrected chi connectivity index (χ2v) is 2.14. The molecule has 1 heterocycles. The Morgan fingerprint density at radius 2 is 2.22 bits per heavy atom. The van der Waals surface area contributed by atoms with Gasteiger partial charge < -0.3 is 5.73 Å². The topological polar surface area (TPSA) is 56.7 Å². The maximum absolute atomic E-state index is 5.39. The monoisotopic (exact) mass is 212 g/mol. The third kappa shape index (κ3) is 1.56. The highest BCUT2D eigenvalue weighted by Gasteiger charge is 1.99. The van der Waals surface area contributed by atoms with Crippen molar-refractivity contribution in [1.82, 2.24) is 15.0 Å². The van der Waals surface area contributed by atoms with Crippen molar-refractivity contribution < 1.29 is 0 Å². The number of nitrogen functional groups attached to an aromatic ring is 1. The van der Waals surface area contributed by atoms with Crippen molar-refractivity contribution in [3.8, 4) is 0 Å². The van der Waals surface area contributed by atoms with Gasteiger partial charge in [0.25, 0.3) is 0 Å². The minimum absolute atomic E-state index is 0. The zero-order chi connectivity index (χ0) is 6.15. The molecule has 0 aromatic carbocycles. The predicted molar refractivity (Wildman–Crippen MR) is 40.4 cm³/mol.